The van der Waals surface area contributed by atoms with Crippen molar-refractivity contribution in [2.75, 3.05) is 6.61 Å². The Morgan fingerprint density at radius 3 is 2.48 bits per heavy atom. The van der Waals surface area contributed by atoms with Crippen molar-refractivity contribution in [3.63, 3.8) is 0 Å². The molecule has 0 heterocycles. The van der Waals surface area contributed by atoms with Crippen molar-refractivity contribution in [2.45, 2.75) is 18.7 Å². The first-order valence-corrected chi connectivity index (χ1v) is 10.4. The van der Waals surface area contributed by atoms with Gasteiger partial charge in [-0.05, 0) is 43.7 Å². The lowest BCUT2D eigenvalue weighted by Crippen LogP contribution is -2.25. The quantitative estimate of drug-likeness (QED) is 0.461. The third-order valence-electron chi connectivity index (χ3n) is 3.63. The molecule has 0 atom stereocenters. The third-order valence-corrected chi connectivity index (χ3v) is 5.86. The van der Waals surface area contributed by atoms with Crippen LogP contribution in [0, 0.1) is 6.92 Å². The molecule has 0 unspecified atom stereocenters. The summed E-state index contributed by atoms with van der Waals surface area (Å²) in [6.07, 6.45) is 2.23. The van der Waals surface area contributed by atoms with Crippen molar-refractivity contribution >= 4 is 37.6 Å². The van der Waals surface area contributed by atoms with Gasteiger partial charge in [0.05, 0.1) is 17.2 Å². The van der Waals surface area contributed by atoms with E-state index in [0.29, 0.717) is 5.56 Å². The molecule has 0 fully saturated rings. The highest BCUT2D eigenvalue weighted by Gasteiger charge is 2.25. The Labute approximate surface area is 168 Å². The van der Waals surface area contributed by atoms with Crippen LogP contribution in [0.4, 0.5) is 0 Å². The van der Waals surface area contributed by atoms with E-state index < -0.39 is 16.0 Å². The van der Waals surface area contributed by atoms with Crippen LogP contribution in [0.3, 0.4) is 0 Å². The van der Waals surface area contributed by atoms with Crippen molar-refractivity contribution in [2.24, 2.45) is 0 Å². The molecular formula is C20H20BrNO4S. The number of carbonyl (C=O) groups is 1. The second kappa shape index (κ2) is 9.01. The van der Waals surface area contributed by atoms with Gasteiger partial charge in [-0.2, -0.15) is 0 Å². The molecule has 0 aromatic heterocycles. The van der Waals surface area contributed by atoms with Gasteiger partial charge >= 0.3 is 5.97 Å². The molecule has 0 bridgehead atoms. The summed E-state index contributed by atoms with van der Waals surface area (Å²) in [6, 6.07) is 13.5. The zero-order valence-electron chi connectivity index (χ0n) is 15.1. The number of ether oxygens (including phenoxy) is 1. The number of esters is 1. The Kier molecular flexibility index (Phi) is 6.98. The second-order valence-electron chi connectivity index (χ2n) is 5.64. The molecule has 5 nitrogen and oxygen atoms in total. The molecule has 142 valence electrons. The minimum Gasteiger partial charge on any atom is -0.463 e. The number of benzene rings is 2. The van der Waals surface area contributed by atoms with Crippen LogP contribution in [0.5, 0.6) is 0 Å². The summed E-state index contributed by atoms with van der Waals surface area (Å²) in [7, 11) is -3.96. The number of carbonyl (C=O) groups excluding carboxylic acids is 1. The predicted molar refractivity (Wildman–Crippen MR) is 109 cm³/mol. The lowest BCUT2D eigenvalue weighted by molar-refractivity contribution is -0.137. The molecule has 0 amide bonds. The monoisotopic (exact) mass is 449 g/mol. The predicted octanol–water partition coefficient (Wildman–Crippen LogP) is 4.50. The smallest absolute Gasteiger partial charge is 0.332 e. The fraction of sp³-hybridized carbons (Fsp3) is 0.150. The maximum atomic E-state index is 13.2. The minimum atomic E-state index is -3.96. The maximum Gasteiger partial charge on any atom is 0.332 e. The largest absolute Gasteiger partial charge is 0.463 e. The number of hydrogen-bond donors (Lipinski definition) is 0. The van der Waals surface area contributed by atoms with Gasteiger partial charge in [-0.15, -0.1) is 0 Å². The lowest BCUT2D eigenvalue weighted by atomic mass is 10.2. The van der Waals surface area contributed by atoms with E-state index in [-0.39, 0.29) is 17.2 Å². The van der Waals surface area contributed by atoms with E-state index in [9.17, 15) is 13.2 Å². The van der Waals surface area contributed by atoms with Gasteiger partial charge in [-0.3, -0.25) is 0 Å². The van der Waals surface area contributed by atoms with Crippen LogP contribution in [0.15, 0.2) is 76.8 Å². The van der Waals surface area contributed by atoms with Crippen LogP contribution in [-0.2, 0) is 19.6 Å². The first-order valence-electron chi connectivity index (χ1n) is 8.16. The average molecular weight is 450 g/mol. The van der Waals surface area contributed by atoms with E-state index in [4.69, 9.17) is 4.74 Å². The van der Waals surface area contributed by atoms with Crippen LogP contribution in [0.25, 0.3) is 5.70 Å². The number of hydrogen-bond acceptors (Lipinski definition) is 4. The van der Waals surface area contributed by atoms with E-state index >= 15 is 0 Å². The van der Waals surface area contributed by atoms with E-state index in [1.807, 2.05) is 13.0 Å². The van der Waals surface area contributed by atoms with Gasteiger partial charge in [-0.25, -0.2) is 17.5 Å². The van der Waals surface area contributed by atoms with Gasteiger partial charge in [0.15, 0.2) is 0 Å². The highest BCUT2D eigenvalue weighted by Crippen LogP contribution is 2.28. The van der Waals surface area contributed by atoms with Crippen molar-refractivity contribution < 1.29 is 17.9 Å². The molecule has 0 N–H and O–H groups in total. The van der Waals surface area contributed by atoms with Gasteiger partial charge in [0.25, 0.3) is 10.0 Å². The van der Waals surface area contributed by atoms with Gasteiger partial charge in [0, 0.05) is 16.7 Å². The van der Waals surface area contributed by atoms with E-state index in [1.165, 1.54) is 12.1 Å². The van der Waals surface area contributed by atoms with Crippen molar-refractivity contribution in [3.05, 3.63) is 83.0 Å². The van der Waals surface area contributed by atoms with Crippen LogP contribution in [0.1, 0.15) is 18.1 Å². The molecule has 0 saturated carbocycles. The molecule has 0 aliphatic carbocycles. The molecule has 0 radical (unpaired) electrons. The highest BCUT2D eigenvalue weighted by molar-refractivity contribution is 9.10. The van der Waals surface area contributed by atoms with Gasteiger partial charge in [0.1, 0.15) is 0 Å². The molecule has 0 saturated heterocycles. The SMILES string of the molecule is C=C(c1cccc(Br)c1)N(/C=C/C(=O)OCC)S(=O)(=O)c1ccc(C)cc1. The molecule has 2 aromatic carbocycles. The second-order valence-corrected chi connectivity index (χ2v) is 8.37. The molecule has 0 aliphatic rings. The lowest BCUT2D eigenvalue weighted by Gasteiger charge is -2.23. The molecule has 2 aromatic rings. The number of aryl methyl sites for hydroxylation is 1. The number of rotatable bonds is 7. The van der Waals surface area contributed by atoms with Crippen molar-refractivity contribution in [1.82, 2.24) is 4.31 Å². The molecule has 0 spiro atoms. The normalized spacial score (nSPS) is 11.4. The standard InChI is InChI=1S/C20H20BrNO4S/c1-4-26-20(23)12-13-22(16(3)17-6-5-7-18(21)14-17)27(24,25)19-10-8-15(2)9-11-19/h5-14H,3-4H2,1-2H3/b13-12+. The summed E-state index contributed by atoms with van der Waals surface area (Å²) < 4.78 is 32.9. The number of nitrogens with zero attached hydrogens (tertiary/aromatic N) is 1. The average Bonchev–Trinajstić information content (AvgIpc) is 2.62. The minimum absolute atomic E-state index is 0.0951. The van der Waals surface area contributed by atoms with Crippen LogP contribution < -0.4 is 0 Å². The van der Waals surface area contributed by atoms with Gasteiger partial charge in [0.2, 0.25) is 0 Å². The molecule has 0 aliphatic heterocycles. The number of halogens is 1. The Morgan fingerprint density at radius 1 is 1.22 bits per heavy atom. The summed E-state index contributed by atoms with van der Waals surface area (Å²) in [5.41, 5.74) is 1.74. The first-order chi connectivity index (χ1) is 12.8. The van der Waals surface area contributed by atoms with Crippen LogP contribution in [-0.4, -0.2) is 25.3 Å². The van der Waals surface area contributed by atoms with E-state index in [2.05, 4.69) is 22.5 Å². The zero-order chi connectivity index (χ0) is 20.0. The third kappa shape index (κ3) is 5.30. The zero-order valence-corrected chi connectivity index (χ0v) is 17.5. The Balaban J connectivity index is 2.50. The molecule has 7 heteroatoms. The number of sulfonamides is 1. The first kappa shape index (κ1) is 20.9. The molecule has 2 rings (SSSR count). The van der Waals surface area contributed by atoms with E-state index in [0.717, 1.165) is 26.6 Å². The van der Waals surface area contributed by atoms with Gasteiger partial charge in [-0.1, -0.05) is 52.3 Å². The maximum absolute atomic E-state index is 13.2. The molecular weight excluding hydrogens is 430 g/mol. The van der Waals surface area contributed by atoms with Crippen molar-refractivity contribution in [1.29, 1.82) is 0 Å². The Morgan fingerprint density at radius 2 is 1.89 bits per heavy atom. The topological polar surface area (TPSA) is 63.7 Å². The summed E-state index contributed by atoms with van der Waals surface area (Å²) >= 11 is 3.36. The highest BCUT2D eigenvalue weighted by atomic mass is 79.9. The summed E-state index contributed by atoms with van der Waals surface area (Å²) in [5.74, 6) is -0.636. The van der Waals surface area contributed by atoms with E-state index in [1.54, 1.807) is 37.3 Å². The Bertz CT molecular complexity index is 966. The fourth-order valence-corrected chi connectivity index (χ4v) is 3.98. The molecule has 27 heavy (non-hydrogen) atoms. The fourth-order valence-electron chi connectivity index (χ4n) is 2.25. The van der Waals surface area contributed by atoms with Crippen LogP contribution in [0.2, 0.25) is 0 Å². The summed E-state index contributed by atoms with van der Waals surface area (Å²) in [6.45, 7) is 7.66. The summed E-state index contributed by atoms with van der Waals surface area (Å²) in [4.78, 5) is 11.8. The summed E-state index contributed by atoms with van der Waals surface area (Å²) in [5, 5.41) is 0. The Hall–Kier alpha value is -2.38. The van der Waals surface area contributed by atoms with Crippen molar-refractivity contribution in [3.8, 4) is 0 Å². The van der Waals surface area contributed by atoms with Gasteiger partial charge < -0.3 is 4.74 Å². The van der Waals surface area contributed by atoms with Crippen LogP contribution >= 0.6 is 15.9 Å².